The topological polar surface area (TPSA) is 137 Å². The fourth-order valence-corrected chi connectivity index (χ4v) is 1.71. The lowest BCUT2D eigenvalue weighted by molar-refractivity contribution is -0.545. The van der Waals surface area contributed by atoms with Crippen LogP contribution in [0.15, 0.2) is 59.7 Å². The van der Waals surface area contributed by atoms with Gasteiger partial charge in [-0.2, -0.15) is 0 Å². The number of benzene rings is 2. The number of hydrogen-bond acceptors (Lipinski definition) is 4. The molecule has 0 bridgehead atoms. The average molecular weight is 336 g/mol. The first kappa shape index (κ1) is 17.9. The number of carbonyl (C=O) groups is 1. The van der Waals surface area contributed by atoms with Crippen LogP contribution in [-0.2, 0) is 0 Å². The van der Waals surface area contributed by atoms with Crippen LogP contribution < -0.4 is 17.0 Å². The molecule has 0 heterocycles. The van der Waals surface area contributed by atoms with Crippen LogP contribution in [0.4, 0.5) is 0 Å². The molecule has 23 heavy (non-hydrogen) atoms. The number of carbonyl (C=O) groups excluding carboxylic acids is 1. The fraction of sp³-hybridized carbons (Fsp3) is 0. The summed E-state index contributed by atoms with van der Waals surface area (Å²) in [5.41, 5.74) is 12.0. The summed E-state index contributed by atoms with van der Waals surface area (Å²) >= 11 is 5.95. The summed E-state index contributed by atoms with van der Waals surface area (Å²) < 4.78 is 0. The number of hydrazine groups is 1. The zero-order valence-electron chi connectivity index (χ0n) is 11.8. The number of hydrazone groups is 1. The molecule has 0 aliphatic rings. The predicted molar refractivity (Wildman–Crippen MR) is 87.3 cm³/mol. The van der Waals surface area contributed by atoms with Gasteiger partial charge in [0.1, 0.15) is 0 Å². The lowest BCUT2D eigenvalue weighted by Gasteiger charge is -2.02. The molecule has 0 aromatic heterocycles. The Morgan fingerprint density at radius 3 is 2.13 bits per heavy atom. The second kappa shape index (κ2) is 9.00. The van der Waals surface area contributed by atoms with Gasteiger partial charge in [0.25, 0.3) is 0 Å². The summed E-state index contributed by atoms with van der Waals surface area (Å²) in [7, 11) is 0. The van der Waals surface area contributed by atoms with E-state index in [2.05, 4.69) is 5.10 Å². The number of hydrogen-bond donors (Lipinski definition) is 3. The number of nitrogens with two attached hydrogens (primary N) is 2. The third-order valence-corrected chi connectivity index (χ3v) is 2.74. The number of guanidine groups is 1. The van der Waals surface area contributed by atoms with Crippen molar-refractivity contribution in [3.63, 3.8) is 0 Å². The van der Waals surface area contributed by atoms with Crippen molar-refractivity contribution in [1.82, 2.24) is 5.53 Å². The van der Waals surface area contributed by atoms with E-state index < -0.39 is 5.03 Å². The molecule has 0 aliphatic heterocycles. The standard InChI is InChI=1S/C13H9ClO.CH5N5O2/c14-12-9-5-4-8-11(12)13(15)10-6-2-1-3-7-10;2-1(3)4-5-6(7)8/h1-9H;5H,(H4,2,3,4). The molecule has 0 saturated carbocycles. The highest BCUT2D eigenvalue weighted by atomic mass is 35.5. The largest absolute Gasteiger partial charge is 0.346 e. The van der Waals surface area contributed by atoms with Gasteiger partial charge in [-0.15, -0.1) is 0 Å². The van der Waals surface area contributed by atoms with Crippen LogP contribution in [0.2, 0.25) is 5.02 Å². The van der Waals surface area contributed by atoms with Gasteiger partial charge in [-0.1, -0.05) is 54.1 Å². The third kappa shape index (κ3) is 6.44. The maximum atomic E-state index is 12.0. The summed E-state index contributed by atoms with van der Waals surface area (Å²) in [6.45, 7) is 0. The zero-order valence-corrected chi connectivity index (χ0v) is 12.6. The van der Waals surface area contributed by atoms with Crippen molar-refractivity contribution in [1.29, 1.82) is 0 Å². The predicted octanol–water partition coefficient (Wildman–Crippen LogP) is 1.53. The fourth-order valence-electron chi connectivity index (χ4n) is 1.49. The number of rotatable bonds is 4. The lowest BCUT2D eigenvalue weighted by atomic mass is 10.0. The number of halogens is 1. The molecule has 0 unspecified atom stereocenters. The van der Waals surface area contributed by atoms with E-state index in [0.717, 1.165) is 0 Å². The van der Waals surface area contributed by atoms with E-state index >= 15 is 0 Å². The normalized spacial score (nSPS) is 9.09. The van der Waals surface area contributed by atoms with Gasteiger partial charge < -0.3 is 21.6 Å². The molecule has 2 rings (SSSR count). The molecule has 2 aromatic carbocycles. The molecule has 0 fully saturated rings. The number of nitrogens with zero attached hydrogens (tertiary/aromatic N) is 2. The second-order valence-electron chi connectivity index (χ2n) is 4.07. The molecule has 0 spiro atoms. The summed E-state index contributed by atoms with van der Waals surface area (Å²) in [6, 6.07) is 16.2. The molecule has 120 valence electrons. The van der Waals surface area contributed by atoms with Gasteiger partial charge in [0, 0.05) is 11.1 Å². The number of nitrogens with one attached hydrogen (secondary N) is 1. The molecule has 0 saturated heterocycles. The Morgan fingerprint density at radius 2 is 1.65 bits per heavy atom. The molecule has 0 amide bonds. The maximum absolute atomic E-state index is 12.0. The van der Waals surface area contributed by atoms with Crippen LogP contribution in [0.1, 0.15) is 15.9 Å². The number of ketones is 1. The van der Waals surface area contributed by atoms with Gasteiger partial charge in [0.15, 0.2) is 5.78 Å². The highest BCUT2D eigenvalue weighted by molar-refractivity contribution is 6.34. The highest BCUT2D eigenvalue weighted by Gasteiger charge is 2.10. The molecular formula is C14H14ClN5O3. The molecule has 0 atom stereocenters. The first-order valence-electron chi connectivity index (χ1n) is 6.24. The van der Waals surface area contributed by atoms with Crippen LogP contribution >= 0.6 is 11.6 Å². The maximum Gasteiger partial charge on any atom is 0.332 e. The van der Waals surface area contributed by atoms with Crippen molar-refractivity contribution < 1.29 is 9.83 Å². The zero-order chi connectivity index (χ0) is 17.2. The van der Waals surface area contributed by atoms with Gasteiger partial charge in [0.2, 0.25) is 0 Å². The van der Waals surface area contributed by atoms with E-state index in [1.165, 1.54) is 5.53 Å². The van der Waals surface area contributed by atoms with Gasteiger partial charge in [-0.05, 0) is 17.7 Å². The Kier molecular flexibility index (Phi) is 7.02. The van der Waals surface area contributed by atoms with E-state index in [4.69, 9.17) is 23.1 Å². The molecule has 2 aromatic rings. The Hall–Kier alpha value is -3.13. The van der Waals surface area contributed by atoms with Crippen LogP contribution in [0, 0.1) is 10.1 Å². The van der Waals surface area contributed by atoms with E-state index in [0.29, 0.717) is 16.1 Å². The Bertz CT molecular complexity index is 703. The summed E-state index contributed by atoms with van der Waals surface area (Å²) in [6.07, 6.45) is 0. The van der Waals surface area contributed by atoms with Gasteiger partial charge in [-0.3, -0.25) is 4.79 Å². The molecular weight excluding hydrogens is 322 g/mol. The van der Waals surface area contributed by atoms with Crippen molar-refractivity contribution in [2.75, 3.05) is 0 Å². The Balaban J connectivity index is 0.000000284. The molecule has 0 radical (unpaired) electrons. The van der Waals surface area contributed by atoms with Crippen molar-refractivity contribution in [2.45, 2.75) is 0 Å². The minimum Gasteiger partial charge on any atom is -0.346 e. The van der Waals surface area contributed by atoms with E-state index in [1.807, 2.05) is 30.3 Å². The Labute approximate surface area is 136 Å². The van der Waals surface area contributed by atoms with Crippen LogP contribution in [0.25, 0.3) is 0 Å². The Morgan fingerprint density at radius 1 is 1.09 bits per heavy atom. The van der Waals surface area contributed by atoms with E-state index in [1.54, 1.807) is 24.3 Å². The summed E-state index contributed by atoms with van der Waals surface area (Å²) in [5, 5.41) is 11.8. The van der Waals surface area contributed by atoms with E-state index in [-0.39, 0.29) is 11.7 Å². The van der Waals surface area contributed by atoms with Gasteiger partial charge in [0.05, 0.1) is 15.2 Å². The van der Waals surface area contributed by atoms with Gasteiger partial charge in [-0.25, -0.2) is 0 Å². The van der Waals surface area contributed by atoms with Crippen LogP contribution in [-0.4, -0.2) is 16.8 Å². The van der Waals surface area contributed by atoms with Crippen molar-refractivity contribution >= 4 is 23.3 Å². The third-order valence-electron chi connectivity index (χ3n) is 2.42. The molecule has 9 heteroatoms. The smallest absolute Gasteiger partial charge is 0.332 e. The quantitative estimate of drug-likeness (QED) is 0.255. The molecule has 8 nitrogen and oxygen atoms in total. The van der Waals surface area contributed by atoms with Gasteiger partial charge >= 0.3 is 5.96 Å². The minimum absolute atomic E-state index is 0.0406. The van der Waals surface area contributed by atoms with Crippen LogP contribution in [0.5, 0.6) is 0 Å². The van der Waals surface area contributed by atoms with Crippen molar-refractivity contribution in [3.05, 3.63) is 80.9 Å². The summed E-state index contributed by atoms with van der Waals surface area (Å²) in [5.74, 6) is -0.414. The van der Waals surface area contributed by atoms with Crippen molar-refractivity contribution in [2.24, 2.45) is 16.6 Å². The van der Waals surface area contributed by atoms with Crippen LogP contribution in [0.3, 0.4) is 0 Å². The van der Waals surface area contributed by atoms with Crippen molar-refractivity contribution in [3.8, 4) is 0 Å². The first-order chi connectivity index (χ1) is 10.9. The SMILES string of the molecule is NC(N)=NN[N+](=O)[O-].O=C(c1ccccc1)c1ccccc1Cl. The molecule has 0 aliphatic carbocycles. The minimum atomic E-state index is -0.875. The molecule has 5 N–H and O–H groups in total. The second-order valence-corrected chi connectivity index (χ2v) is 4.48. The van der Waals surface area contributed by atoms with E-state index in [9.17, 15) is 14.9 Å². The first-order valence-corrected chi connectivity index (χ1v) is 6.62. The highest BCUT2D eigenvalue weighted by Crippen LogP contribution is 2.18. The lowest BCUT2D eigenvalue weighted by Crippen LogP contribution is -2.28. The summed E-state index contributed by atoms with van der Waals surface area (Å²) in [4.78, 5) is 21.4. The average Bonchev–Trinajstić information content (AvgIpc) is 2.54. The monoisotopic (exact) mass is 335 g/mol. The number of nitro groups is 1.